The Morgan fingerprint density at radius 3 is 2.32 bits per heavy atom. The summed E-state index contributed by atoms with van der Waals surface area (Å²) in [5.74, 6) is 3.30. The molecule has 1 atom stereocenters. The van der Waals surface area contributed by atoms with E-state index in [1.54, 1.807) is 6.92 Å². The summed E-state index contributed by atoms with van der Waals surface area (Å²) in [6.45, 7) is 2.80. The number of hydrogen-bond donors (Lipinski definition) is 2. The topological polar surface area (TPSA) is 89.6 Å². The van der Waals surface area contributed by atoms with Gasteiger partial charge in [0, 0.05) is 17.5 Å². The lowest BCUT2D eigenvalue weighted by molar-refractivity contribution is -0.147. The first-order chi connectivity index (χ1) is 15.0. The normalized spacial score (nSPS) is 31.5. The molecule has 7 rings (SSSR count). The number of rotatable bonds is 4. The maximum Gasteiger partial charge on any atom is 0.248 e. The highest BCUT2D eigenvalue weighted by atomic mass is 32.1. The second-order valence-corrected chi connectivity index (χ2v) is 10.9. The Balaban J connectivity index is 1.13. The van der Waals surface area contributed by atoms with E-state index in [9.17, 15) is 9.59 Å². The van der Waals surface area contributed by atoms with Gasteiger partial charge in [-0.3, -0.25) is 9.59 Å². The van der Waals surface area contributed by atoms with Crippen molar-refractivity contribution in [1.29, 1.82) is 0 Å². The van der Waals surface area contributed by atoms with Crippen LogP contribution in [0.25, 0.3) is 10.2 Å². The minimum Gasteiger partial charge on any atom is -0.486 e. The molecular weight excluding hydrogens is 414 g/mol. The highest BCUT2D eigenvalue weighted by molar-refractivity contribution is 7.22. The molecule has 5 aliphatic rings. The molecule has 0 unspecified atom stereocenters. The van der Waals surface area contributed by atoms with E-state index in [-0.39, 0.29) is 17.2 Å². The van der Waals surface area contributed by atoms with Crippen molar-refractivity contribution in [2.24, 2.45) is 23.2 Å². The van der Waals surface area contributed by atoms with E-state index < -0.39 is 6.04 Å². The van der Waals surface area contributed by atoms with E-state index in [4.69, 9.17) is 9.47 Å². The molecule has 1 aliphatic heterocycles. The molecule has 2 heterocycles. The summed E-state index contributed by atoms with van der Waals surface area (Å²) in [5, 5.41) is 6.41. The zero-order valence-corrected chi connectivity index (χ0v) is 18.4. The van der Waals surface area contributed by atoms with E-state index >= 15 is 0 Å². The summed E-state index contributed by atoms with van der Waals surface area (Å²) in [5.41, 5.74) is 0.507. The van der Waals surface area contributed by atoms with Crippen LogP contribution in [0, 0.1) is 23.2 Å². The van der Waals surface area contributed by atoms with Gasteiger partial charge in [0.2, 0.25) is 11.8 Å². The third kappa shape index (κ3) is 3.35. The smallest absolute Gasteiger partial charge is 0.248 e. The third-order valence-electron chi connectivity index (χ3n) is 7.54. The first-order valence-electron chi connectivity index (χ1n) is 11.3. The predicted octanol–water partition coefficient (Wildman–Crippen LogP) is 3.73. The van der Waals surface area contributed by atoms with Gasteiger partial charge in [-0.15, -0.1) is 0 Å². The molecule has 1 aromatic carbocycles. The molecule has 4 saturated carbocycles. The van der Waals surface area contributed by atoms with Gasteiger partial charge in [-0.25, -0.2) is 4.98 Å². The van der Waals surface area contributed by atoms with Crippen LogP contribution in [0.2, 0.25) is 0 Å². The number of carbonyl (C=O) groups excluding carboxylic acids is 2. The Morgan fingerprint density at radius 1 is 1.06 bits per heavy atom. The van der Waals surface area contributed by atoms with Gasteiger partial charge in [-0.2, -0.15) is 0 Å². The number of hydrogen-bond acceptors (Lipinski definition) is 6. The van der Waals surface area contributed by atoms with E-state index in [0.29, 0.717) is 47.6 Å². The van der Waals surface area contributed by atoms with Crippen molar-refractivity contribution in [3.8, 4) is 11.5 Å². The summed E-state index contributed by atoms with van der Waals surface area (Å²) in [4.78, 5) is 30.5. The van der Waals surface area contributed by atoms with Crippen molar-refractivity contribution in [3.63, 3.8) is 0 Å². The summed E-state index contributed by atoms with van der Waals surface area (Å²) in [6.07, 6.45) is 6.85. The van der Waals surface area contributed by atoms with Gasteiger partial charge in [0.25, 0.3) is 0 Å². The minimum absolute atomic E-state index is 0.0699. The molecule has 8 heteroatoms. The predicted molar refractivity (Wildman–Crippen MR) is 117 cm³/mol. The average Bonchev–Trinajstić information content (AvgIpc) is 3.11. The van der Waals surface area contributed by atoms with Gasteiger partial charge in [0.05, 0.1) is 10.2 Å². The Labute approximate surface area is 184 Å². The van der Waals surface area contributed by atoms with Crippen molar-refractivity contribution in [3.05, 3.63) is 12.1 Å². The van der Waals surface area contributed by atoms with Gasteiger partial charge >= 0.3 is 0 Å². The Morgan fingerprint density at radius 2 is 1.68 bits per heavy atom. The van der Waals surface area contributed by atoms with Crippen LogP contribution in [0.4, 0.5) is 5.13 Å². The summed E-state index contributed by atoms with van der Waals surface area (Å²) >= 11 is 1.39. The maximum atomic E-state index is 13.2. The van der Waals surface area contributed by atoms with Gasteiger partial charge in [0.15, 0.2) is 16.6 Å². The van der Waals surface area contributed by atoms with Crippen LogP contribution in [0.5, 0.6) is 11.5 Å². The second kappa shape index (κ2) is 7.08. The number of aromatic nitrogens is 1. The second-order valence-electron chi connectivity index (χ2n) is 9.86. The van der Waals surface area contributed by atoms with Crippen LogP contribution in [-0.2, 0) is 9.59 Å². The fourth-order valence-corrected chi connectivity index (χ4v) is 7.42. The highest BCUT2D eigenvalue weighted by Gasteiger charge is 2.54. The molecule has 4 fully saturated rings. The maximum absolute atomic E-state index is 13.2. The number of ether oxygens (including phenoxy) is 2. The first-order valence-corrected chi connectivity index (χ1v) is 12.1. The number of anilines is 1. The molecule has 2 aromatic rings. The van der Waals surface area contributed by atoms with Gasteiger partial charge < -0.3 is 20.1 Å². The molecule has 2 amide bonds. The molecule has 164 valence electrons. The molecule has 31 heavy (non-hydrogen) atoms. The molecule has 4 bridgehead atoms. The molecule has 1 aromatic heterocycles. The Hall–Kier alpha value is -2.35. The lowest BCUT2D eigenvalue weighted by atomic mass is 9.49. The fraction of sp³-hybridized carbons (Fsp3) is 0.609. The van der Waals surface area contributed by atoms with Crippen molar-refractivity contribution >= 4 is 38.5 Å². The van der Waals surface area contributed by atoms with Crippen LogP contribution in [0.15, 0.2) is 12.1 Å². The van der Waals surface area contributed by atoms with E-state index in [2.05, 4.69) is 15.6 Å². The lowest BCUT2D eigenvalue weighted by Crippen LogP contribution is -2.56. The number of thiazole rings is 1. The Kier molecular flexibility index (Phi) is 4.42. The largest absolute Gasteiger partial charge is 0.486 e. The minimum atomic E-state index is -0.604. The van der Waals surface area contributed by atoms with Crippen molar-refractivity contribution in [1.82, 2.24) is 10.3 Å². The van der Waals surface area contributed by atoms with Crippen molar-refractivity contribution in [2.75, 3.05) is 18.5 Å². The summed E-state index contributed by atoms with van der Waals surface area (Å²) < 4.78 is 12.2. The third-order valence-corrected chi connectivity index (χ3v) is 8.48. The quantitative estimate of drug-likeness (QED) is 0.755. The van der Waals surface area contributed by atoms with Gasteiger partial charge in [-0.1, -0.05) is 11.3 Å². The zero-order valence-electron chi connectivity index (χ0n) is 17.6. The highest BCUT2D eigenvalue weighted by Crippen LogP contribution is 2.60. The lowest BCUT2D eigenvalue weighted by Gasteiger charge is -2.55. The number of amides is 2. The van der Waals surface area contributed by atoms with E-state index in [1.807, 2.05) is 12.1 Å². The summed E-state index contributed by atoms with van der Waals surface area (Å²) in [6, 6.07) is 3.14. The van der Waals surface area contributed by atoms with E-state index in [1.165, 1.54) is 30.6 Å². The van der Waals surface area contributed by atoms with Crippen LogP contribution >= 0.6 is 11.3 Å². The zero-order chi connectivity index (χ0) is 21.2. The number of benzene rings is 1. The Bertz CT molecular complexity index is 986. The van der Waals surface area contributed by atoms with E-state index in [0.717, 1.165) is 29.5 Å². The fourth-order valence-electron chi connectivity index (χ4n) is 6.54. The molecule has 0 saturated heterocycles. The van der Waals surface area contributed by atoms with Crippen molar-refractivity contribution < 1.29 is 19.1 Å². The monoisotopic (exact) mass is 441 g/mol. The molecule has 0 radical (unpaired) electrons. The molecule has 0 spiro atoms. The number of carbonyl (C=O) groups is 2. The first kappa shape index (κ1) is 19.3. The van der Waals surface area contributed by atoms with Crippen LogP contribution in [0.3, 0.4) is 0 Å². The van der Waals surface area contributed by atoms with Crippen LogP contribution < -0.4 is 20.1 Å². The molecule has 4 aliphatic carbocycles. The molecule has 2 N–H and O–H groups in total. The average molecular weight is 442 g/mol. The van der Waals surface area contributed by atoms with Crippen LogP contribution in [0.1, 0.15) is 45.4 Å². The number of fused-ring (bicyclic) bond motifs is 2. The number of nitrogens with zero attached hydrogens (tertiary/aromatic N) is 1. The van der Waals surface area contributed by atoms with Crippen molar-refractivity contribution in [2.45, 2.75) is 51.5 Å². The summed E-state index contributed by atoms with van der Waals surface area (Å²) in [7, 11) is 0. The standard InChI is InChI=1S/C23H27N3O4S/c1-12(24-21(28)23-9-13-4-14(10-23)6-15(5-13)11-23)20(27)26-22-25-16-7-17-18(8-19(16)31-22)30-3-2-29-17/h7-8,12-15H,2-6,9-11H2,1H3,(H,24,28)(H,25,26,27)/t12-,13?,14?,15?,23?/m0/s1. The molecule has 7 nitrogen and oxygen atoms in total. The van der Waals surface area contributed by atoms with Gasteiger partial charge in [-0.05, 0) is 63.2 Å². The number of nitrogens with one attached hydrogen (secondary N) is 2. The van der Waals surface area contributed by atoms with Crippen LogP contribution in [-0.4, -0.2) is 36.1 Å². The molecular formula is C23H27N3O4S. The SMILES string of the molecule is C[C@H](NC(=O)C12CC3CC(CC(C3)C1)C2)C(=O)Nc1nc2cc3c(cc2s1)OCCO3. The van der Waals surface area contributed by atoms with Gasteiger partial charge in [0.1, 0.15) is 19.3 Å².